The SMILES string of the molecule is CCCCCCC(O)CCCCCCC=C[C@H](O)[C@@H](O)[C@H](O)[C@@H](N=C(N)N)C(=O)O. The van der Waals surface area contributed by atoms with Gasteiger partial charge in [-0.05, 0) is 25.7 Å². The van der Waals surface area contributed by atoms with Crippen LogP contribution >= 0.6 is 0 Å². The second kappa shape index (κ2) is 17.0. The van der Waals surface area contributed by atoms with E-state index in [4.69, 9.17) is 16.6 Å². The number of rotatable bonds is 18. The largest absolute Gasteiger partial charge is 0.480 e. The minimum Gasteiger partial charge on any atom is -0.480 e. The number of aliphatic imine (C=N–C) groups is 1. The summed E-state index contributed by atoms with van der Waals surface area (Å²) in [6, 6.07) is -1.77. The quantitative estimate of drug-likeness (QED) is 0.0726. The number of carboxylic acid groups (broad SMARTS) is 1. The first-order chi connectivity index (χ1) is 14.2. The maximum atomic E-state index is 11.1. The predicted molar refractivity (Wildman–Crippen MR) is 117 cm³/mol. The van der Waals surface area contributed by atoms with Crippen molar-refractivity contribution in [3.63, 3.8) is 0 Å². The minimum atomic E-state index is -1.86. The highest BCUT2D eigenvalue weighted by molar-refractivity contribution is 5.82. The van der Waals surface area contributed by atoms with Gasteiger partial charge in [-0.15, -0.1) is 0 Å². The number of aliphatic hydroxyl groups is 4. The second-order valence-corrected chi connectivity index (χ2v) is 7.73. The highest BCUT2D eigenvalue weighted by Crippen LogP contribution is 2.14. The molecule has 0 rings (SSSR count). The minimum absolute atomic E-state index is 0.210. The molecule has 0 aliphatic heterocycles. The van der Waals surface area contributed by atoms with E-state index in [0.29, 0.717) is 6.42 Å². The van der Waals surface area contributed by atoms with E-state index in [-0.39, 0.29) is 6.10 Å². The smallest absolute Gasteiger partial charge is 0.331 e. The number of carbonyl (C=O) groups is 1. The molecule has 9 N–H and O–H groups in total. The summed E-state index contributed by atoms with van der Waals surface area (Å²) in [5.74, 6) is -2.06. The molecule has 1 unspecified atom stereocenters. The third kappa shape index (κ3) is 13.5. The van der Waals surface area contributed by atoms with Crippen LogP contribution in [-0.4, -0.2) is 67.9 Å². The molecule has 9 nitrogen and oxygen atoms in total. The zero-order valence-electron chi connectivity index (χ0n) is 18.1. The summed E-state index contributed by atoms with van der Waals surface area (Å²) in [5.41, 5.74) is 10.2. The van der Waals surface area contributed by atoms with E-state index in [9.17, 15) is 25.2 Å². The average Bonchev–Trinajstić information content (AvgIpc) is 2.69. The van der Waals surface area contributed by atoms with E-state index in [1.165, 1.54) is 25.3 Å². The molecule has 9 heteroatoms. The summed E-state index contributed by atoms with van der Waals surface area (Å²) in [5, 5.41) is 48.8. The van der Waals surface area contributed by atoms with Crippen molar-refractivity contribution >= 4 is 11.9 Å². The van der Waals surface area contributed by atoms with Gasteiger partial charge in [0.15, 0.2) is 12.0 Å². The Morgan fingerprint density at radius 3 is 2.00 bits per heavy atom. The molecule has 0 spiro atoms. The van der Waals surface area contributed by atoms with Gasteiger partial charge in [0.2, 0.25) is 0 Å². The van der Waals surface area contributed by atoms with Gasteiger partial charge in [-0.3, -0.25) is 0 Å². The van der Waals surface area contributed by atoms with Gasteiger partial charge in [0.1, 0.15) is 18.3 Å². The Labute approximate surface area is 179 Å². The summed E-state index contributed by atoms with van der Waals surface area (Å²) >= 11 is 0. The van der Waals surface area contributed by atoms with Gasteiger partial charge in [0.05, 0.1) is 6.10 Å². The van der Waals surface area contributed by atoms with Crippen LogP contribution in [0.4, 0.5) is 0 Å². The summed E-state index contributed by atoms with van der Waals surface area (Å²) in [7, 11) is 0. The number of hydrogen-bond donors (Lipinski definition) is 7. The Balaban J connectivity index is 4.04. The number of aliphatic carboxylic acids is 1. The van der Waals surface area contributed by atoms with Crippen LogP contribution in [0.15, 0.2) is 17.1 Å². The van der Waals surface area contributed by atoms with E-state index in [0.717, 1.165) is 44.9 Å². The monoisotopic (exact) mass is 431 g/mol. The van der Waals surface area contributed by atoms with Crippen molar-refractivity contribution in [2.24, 2.45) is 16.5 Å². The van der Waals surface area contributed by atoms with Crippen LogP contribution in [0.2, 0.25) is 0 Å². The van der Waals surface area contributed by atoms with Crippen LogP contribution in [0, 0.1) is 0 Å². The first kappa shape index (κ1) is 28.3. The molecular weight excluding hydrogens is 390 g/mol. The maximum absolute atomic E-state index is 11.1. The van der Waals surface area contributed by atoms with Gasteiger partial charge < -0.3 is 37.0 Å². The molecule has 0 heterocycles. The number of carboxylic acids is 1. The lowest BCUT2D eigenvalue weighted by atomic mass is 10.0. The molecule has 0 saturated carbocycles. The molecule has 5 atom stereocenters. The Bertz CT molecular complexity index is 511. The van der Waals surface area contributed by atoms with Crippen molar-refractivity contribution in [3.8, 4) is 0 Å². The highest BCUT2D eigenvalue weighted by Gasteiger charge is 2.35. The van der Waals surface area contributed by atoms with Crippen LogP contribution in [0.5, 0.6) is 0 Å². The molecule has 176 valence electrons. The first-order valence-electron chi connectivity index (χ1n) is 10.9. The fourth-order valence-electron chi connectivity index (χ4n) is 3.12. The lowest BCUT2D eigenvalue weighted by Gasteiger charge is -2.23. The Hall–Kier alpha value is -1.68. The number of allylic oxidation sites excluding steroid dienone is 1. The lowest BCUT2D eigenvalue weighted by Crippen LogP contribution is -2.47. The van der Waals surface area contributed by atoms with Crippen LogP contribution < -0.4 is 11.5 Å². The van der Waals surface area contributed by atoms with Gasteiger partial charge >= 0.3 is 5.97 Å². The number of nitrogens with zero attached hydrogens (tertiary/aromatic N) is 1. The lowest BCUT2D eigenvalue weighted by molar-refractivity contribution is -0.144. The Morgan fingerprint density at radius 1 is 0.900 bits per heavy atom. The van der Waals surface area contributed by atoms with Gasteiger partial charge in [-0.25, -0.2) is 9.79 Å². The third-order valence-corrected chi connectivity index (χ3v) is 4.95. The van der Waals surface area contributed by atoms with Crippen molar-refractivity contribution in [2.45, 2.75) is 108 Å². The summed E-state index contributed by atoms with van der Waals surface area (Å²) in [6.07, 6.45) is 8.67. The summed E-state index contributed by atoms with van der Waals surface area (Å²) in [4.78, 5) is 14.5. The van der Waals surface area contributed by atoms with E-state index >= 15 is 0 Å². The Morgan fingerprint density at radius 2 is 1.47 bits per heavy atom. The number of unbranched alkanes of at least 4 members (excludes halogenated alkanes) is 7. The molecular formula is C21H41N3O6. The molecule has 0 bridgehead atoms. The van der Waals surface area contributed by atoms with E-state index in [1.807, 2.05) is 0 Å². The van der Waals surface area contributed by atoms with Gasteiger partial charge in [-0.2, -0.15) is 0 Å². The molecule has 0 saturated heterocycles. The molecule has 0 fully saturated rings. The van der Waals surface area contributed by atoms with Crippen LogP contribution in [0.1, 0.15) is 77.6 Å². The molecule has 0 aromatic carbocycles. The zero-order valence-corrected chi connectivity index (χ0v) is 18.1. The number of guanidine groups is 1. The third-order valence-electron chi connectivity index (χ3n) is 4.95. The van der Waals surface area contributed by atoms with E-state index in [2.05, 4.69) is 11.9 Å². The molecule has 0 radical (unpaired) electrons. The Kier molecular flexibility index (Phi) is 16.1. The fraction of sp³-hybridized carbons (Fsp3) is 0.810. The van der Waals surface area contributed by atoms with Crippen LogP contribution in [-0.2, 0) is 4.79 Å². The number of nitrogens with two attached hydrogens (primary N) is 2. The maximum Gasteiger partial charge on any atom is 0.331 e. The van der Waals surface area contributed by atoms with Crippen LogP contribution in [0.3, 0.4) is 0 Å². The highest BCUT2D eigenvalue weighted by atomic mass is 16.4. The topological polar surface area (TPSA) is 183 Å². The molecule has 30 heavy (non-hydrogen) atoms. The standard InChI is InChI=1S/C21H41N3O6/c1-2-3-4-9-12-15(25)13-10-7-5-6-8-11-14-16(26)18(27)19(28)17(20(29)30)24-21(22)23/h11,14-19,25-28H,2-10,12-13H2,1H3,(H,29,30)(H4,22,23,24)/t15?,16-,17+,18+,19+/m0/s1. The summed E-state index contributed by atoms with van der Waals surface area (Å²) in [6.45, 7) is 2.17. The molecule has 0 aliphatic carbocycles. The van der Waals surface area contributed by atoms with Crippen molar-refractivity contribution in [1.82, 2.24) is 0 Å². The molecule has 0 aromatic heterocycles. The van der Waals surface area contributed by atoms with Crippen molar-refractivity contribution < 1.29 is 30.3 Å². The predicted octanol–water partition coefficient (Wildman–Crippen LogP) is 1.02. The average molecular weight is 432 g/mol. The molecule has 0 aromatic rings. The summed E-state index contributed by atoms with van der Waals surface area (Å²) < 4.78 is 0. The molecule has 0 amide bonds. The van der Waals surface area contributed by atoms with Crippen LogP contribution in [0.25, 0.3) is 0 Å². The van der Waals surface area contributed by atoms with Crippen molar-refractivity contribution in [3.05, 3.63) is 12.2 Å². The van der Waals surface area contributed by atoms with E-state index < -0.39 is 36.3 Å². The van der Waals surface area contributed by atoms with Gasteiger partial charge in [-0.1, -0.05) is 64.0 Å². The normalized spacial score (nSPS) is 16.7. The fourth-order valence-corrected chi connectivity index (χ4v) is 3.12. The first-order valence-corrected chi connectivity index (χ1v) is 10.9. The number of hydrogen-bond acceptors (Lipinski definition) is 6. The van der Waals surface area contributed by atoms with Gasteiger partial charge in [0, 0.05) is 0 Å². The van der Waals surface area contributed by atoms with Gasteiger partial charge in [0.25, 0.3) is 0 Å². The second-order valence-electron chi connectivity index (χ2n) is 7.73. The molecule has 0 aliphatic rings. The van der Waals surface area contributed by atoms with Crippen molar-refractivity contribution in [1.29, 1.82) is 0 Å². The number of aliphatic hydroxyl groups excluding tert-OH is 4. The zero-order chi connectivity index (χ0) is 22.9. The van der Waals surface area contributed by atoms with Crippen molar-refractivity contribution in [2.75, 3.05) is 0 Å². The van der Waals surface area contributed by atoms with E-state index in [1.54, 1.807) is 6.08 Å².